The molecule has 0 saturated heterocycles. The van der Waals surface area contributed by atoms with Gasteiger partial charge in [-0.3, -0.25) is 14.1 Å². The van der Waals surface area contributed by atoms with Crippen LogP contribution >= 0.6 is 0 Å². The van der Waals surface area contributed by atoms with Gasteiger partial charge in [0.25, 0.3) is 10.1 Å². The van der Waals surface area contributed by atoms with Crippen LogP contribution in [0.25, 0.3) is 0 Å². The largest absolute Gasteiger partial charge is 1.00 e. The molecule has 0 aliphatic rings. The number of aliphatic carboxylic acids is 2. The van der Waals surface area contributed by atoms with Crippen LogP contribution in [0.15, 0.2) is 24.3 Å². The molecule has 8 nitrogen and oxygen atoms in total. The molecule has 0 aliphatic carbocycles. The topological polar surface area (TPSA) is 138 Å². The van der Waals surface area contributed by atoms with E-state index in [0.717, 1.165) is 18.6 Å². The molecule has 1 aromatic rings. The van der Waals surface area contributed by atoms with Crippen LogP contribution in [0.5, 0.6) is 5.75 Å². The van der Waals surface area contributed by atoms with Crippen LogP contribution in [0.3, 0.4) is 0 Å². The standard InChI is InChI=1S/C17H27O.C4H6O7S.K/c1-3-5-6-7-8-9-12-16-13-10-11-14-17(16)18-15-4-2;5-3(6)1-2(4(7)8)12(9,10)11;/h10-11,13-15H,3-9,12H2,1-2H3;2H,1H2,(H,5,6)(H,7,8)(H,9,10,11);/q-1;;+1. The Hall–Kier alpha value is -0.494. The molecule has 0 heterocycles. The third-order valence-corrected chi connectivity index (χ3v) is 5.23. The molecule has 172 valence electrons. The number of rotatable bonds is 14. The van der Waals surface area contributed by atoms with E-state index < -0.39 is 33.7 Å². The number of carbonyl (C=O) groups is 2. The molecule has 0 amide bonds. The maximum atomic E-state index is 10.2. The maximum absolute atomic E-state index is 10.2. The van der Waals surface area contributed by atoms with E-state index >= 15 is 0 Å². The summed E-state index contributed by atoms with van der Waals surface area (Å²) in [5, 5.41) is 13.9. The minimum absolute atomic E-state index is 0. The van der Waals surface area contributed by atoms with Crippen LogP contribution in [-0.2, 0) is 26.1 Å². The van der Waals surface area contributed by atoms with Gasteiger partial charge in [-0.1, -0.05) is 64.2 Å². The van der Waals surface area contributed by atoms with Crippen LogP contribution in [0, 0.1) is 6.61 Å². The van der Waals surface area contributed by atoms with Gasteiger partial charge in [0, 0.05) is 0 Å². The Morgan fingerprint density at radius 2 is 1.61 bits per heavy atom. The second-order valence-corrected chi connectivity index (χ2v) is 8.36. The van der Waals surface area contributed by atoms with Gasteiger partial charge in [-0.15, -0.1) is 6.42 Å². The molecule has 0 saturated carbocycles. The summed E-state index contributed by atoms with van der Waals surface area (Å²) in [5.41, 5.74) is 1.35. The quantitative estimate of drug-likeness (QED) is 0.156. The fourth-order valence-electron chi connectivity index (χ4n) is 2.57. The van der Waals surface area contributed by atoms with Gasteiger partial charge in [0.2, 0.25) is 0 Å². The molecule has 0 bridgehead atoms. The van der Waals surface area contributed by atoms with E-state index in [1.165, 1.54) is 44.1 Å². The first-order valence-electron chi connectivity index (χ1n) is 10.1. The van der Waals surface area contributed by atoms with Gasteiger partial charge in [0.15, 0.2) is 5.25 Å². The molecule has 3 N–H and O–H groups in total. The van der Waals surface area contributed by atoms with Crippen molar-refractivity contribution in [1.82, 2.24) is 0 Å². The van der Waals surface area contributed by atoms with Crippen LogP contribution in [0.1, 0.15) is 70.8 Å². The minimum Gasteiger partial charge on any atom is -0.662 e. The predicted octanol–water partition coefficient (Wildman–Crippen LogP) is 1.35. The first kappa shape index (κ1) is 32.7. The third-order valence-electron chi connectivity index (χ3n) is 4.14. The molecule has 0 aromatic heterocycles. The summed E-state index contributed by atoms with van der Waals surface area (Å²) < 4.78 is 34.3. The molecule has 0 radical (unpaired) electrons. The number of aryl methyl sites for hydroxylation is 1. The van der Waals surface area contributed by atoms with E-state index in [9.17, 15) is 18.0 Å². The van der Waals surface area contributed by atoms with E-state index in [0.29, 0.717) is 0 Å². The van der Waals surface area contributed by atoms with Gasteiger partial charge >= 0.3 is 63.3 Å². The summed E-state index contributed by atoms with van der Waals surface area (Å²) in [5.74, 6) is -2.46. The number of para-hydroxylation sites is 1. The van der Waals surface area contributed by atoms with Crippen molar-refractivity contribution in [3.63, 3.8) is 0 Å². The van der Waals surface area contributed by atoms with Gasteiger partial charge in [-0.2, -0.15) is 15.0 Å². The van der Waals surface area contributed by atoms with Gasteiger partial charge in [-0.05, 0) is 24.5 Å². The summed E-state index contributed by atoms with van der Waals surface area (Å²) in [6.07, 6.45) is 9.01. The molecule has 0 fully saturated rings. The Labute approximate surface area is 227 Å². The first-order valence-corrected chi connectivity index (χ1v) is 11.6. The number of carboxylic acid groups (broad SMARTS) is 2. The molecule has 1 atom stereocenters. The molecule has 10 heteroatoms. The monoisotopic (exact) mass is 484 g/mol. The van der Waals surface area contributed by atoms with Gasteiger partial charge in [0.1, 0.15) is 0 Å². The number of hydrogen-bond acceptors (Lipinski definition) is 5. The first-order chi connectivity index (χ1) is 14.1. The average molecular weight is 485 g/mol. The Bertz CT molecular complexity index is 737. The summed E-state index contributed by atoms with van der Waals surface area (Å²) >= 11 is 0. The maximum Gasteiger partial charge on any atom is 1.00 e. The van der Waals surface area contributed by atoms with Crippen LogP contribution in [-0.4, -0.2) is 40.4 Å². The van der Waals surface area contributed by atoms with Gasteiger partial charge < -0.3 is 14.9 Å². The molecule has 0 spiro atoms. The molecular weight excluding hydrogens is 451 g/mol. The normalized spacial score (nSPS) is 11.5. The number of carboxylic acids is 2. The van der Waals surface area contributed by atoms with Crippen molar-refractivity contribution in [2.24, 2.45) is 0 Å². The molecular formula is C21H33KO8S. The van der Waals surface area contributed by atoms with Crippen LogP contribution < -0.4 is 56.1 Å². The second kappa shape index (κ2) is 19.0. The fourth-order valence-corrected chi connectivity index (χ4v) is 3.18. The predicted molar refractivity (Wildman–Crippen MR) is 114 cm³/mol. The Morgan fingerprint density at radius 3 is 2.10 bits per heavy atom. The second-order valence-electron chi connectivity index (χ2n) is 6.76. The van der Waals surface area contributed by atoms with E-state index in [-0.39, 0.29) is 51.4 Å². The van der Waals surface area contributed by atoms with Crippen molar-refractivity contribution < 1.29 is 88.9 Å². The molecule has 1 rings (SSSR count). The van der Waals surface area contributed by atoms with E-state index in [4.69, 9.17) is 19.5 Å². The number of benzene rings is 1. The number of hydrogen-bond donors (Lipinski definition) is 3. The van der Waals surface area contributed by atoms with Crippen LogP contribution in [0.2, 0.25) is 0 Å². The zero-order valence-corrected chi connectivity index (χ0v) is 22.6. The SMILES string of the molecule is CC[CH-]Oc1ccccc1CCCCCCCC.O=C(O)CC(C(=O)O)S(=O)(=O)O.[K+]. The van der Waals surface area contributed by atoms with Crippen molar-refractivity contribution in [1.29, 1.82) is 0 Å². The van der Waals surface area contributed by atoms with Crippen molar-refractivity contribution in [3.8, 4) is 5.75 Å². The van der Waals surface area contributed by atoms with Gasteiger partial charge in [-0.25, -0.2) is 0 Å². The average Bonchev–Trinajstić information content (AvgIpc) is 2.67. The zero-order valence-electron chi connectivity index (χ0n) is 18.6. The van der Waals surface area contributed by atoms with Crippen molar-refractivity contribution in [2.45, 2.75) is 76.9 Å². The minimum atomic E-state index is -4.84. The molecule has 31 heavy (non-hydrogen) atoms. The van der Waals surface area contributed by atoms with Crippen molar-refractivity contribution >= 4 is 22.1 Å². The smallest absolute Gasteiger partial charge is 0.662 e. The van der Waals surface area contributed by atoms with Crippen molar-refractivity contribution in [3.05, 3.63) is 36.4 Å². The number of ether oxygens (including phenoxy) is 1. The summed E-state index contributed by atoms with van der Waals surface area (Å²) in [6.45, 7) is 6.23. The van der Waals surface area contributed by atoms with E-state index in [2.05, 4.69) is 32.0 Å². The Morgan fingerprint density at radius 1 is 1.03 bits per heavy atom. The van der Waals surface area contributed by atoms with Crippen LogP contribution in [0.4, 0.5) is 0 Å². The molecule has 1 aromatic carbocycles. The Balaban J connectivity index is 0. The summed E-state index contributed by atoms with van der Waals surface area (Å²) in [7, 11) is -4.84. The fraction of sp³-hybridized carbons (Fsp3) is 0.571. The van der Waals surface area contributed by atoms with Gasteiger partial charge in [0.05, 0.1) is 12.2 Å². The summed E-state index contributed by atoms with van der Waals surface area (Å²) in [4.78, 5) is 20.0. The zero-order chi connectivity index (χ0) is 23.0. The van der Waals surface area contributed by atoms with Crippen molar-refractivity contribution in [2.75, 3.05) is 0 Å². The van der Waals surface area contributed by atoms with E-state index in [1.807, 2.05) is 12.7 Å². The third kappa shape index (κ3) is 16.8. The Kier molecular flexibility index (Phi) is 20.1. The molecule has 1 unspecified atom stereocenters. The van der Waals surface area contributed by atoms with E-state index in [1.54, 1.807) is 0 Å². The molecule has 0 aliphatic heterocycles. The number of unbranched alkanes of at least 4 members (excludes halogenated alkanes) is 5. The summed E-state index contributed by atoms with van der Waals surface area (Å²) in [6, 6.07) is 8.40.